The maximum atomic E-state index is 13.3. The number of hydrogen-bond acceptors (Lipinski definition) is 5. The molecule has 3 rings (SSSR count). The van der Waals surface area contributed by atoms with Crippen LogP contribution >= 0.6 is 23.1 Å². The predicted molar refractivity (Wildman–Crippen MR) is 94.8 cm³/mol. The van der Waals surface area contributed by atoms with Crippen molar-refractivity contribution < 1.29 is 9.50 Å². The predicted octanol–water partition coefficient (Wildman–Crippen LogP) is 4.40. The highest BCUT2D eigenvalue weighted by molar-refractivity contribution is 7.99. The smallest absolute Gasteiger partial charge is 0.164 e. The van der Waals surface area contributed by atoms with Crippen molar-refractivity contribution in [3.05, 3.63) is 30.0 Å². The van der Waals surface area contributed by atoms with Gasteiger partial charge in [0, 0.05) is 30.0 Å². The van der Waals surface area contributed by atoms with Gasteiger partial charge in [-0.25, -0.2) is 9.37 Å². The number of thiazole rings is 1. The van der Waals surface area contributed by atoms with Crippen molar-refractivity contribution in [2.45, 2.75) is 25.0 Å². The Kier molecular flexibility index (Phi) is 4.33. The molecular weight excluding hydrogens is 333 g/mol. The first-order valence-electron chi connectivity index (χ1n) is 7.25. The molecule has 122 valence electrons. The lowest BCUT2D eigenvalue weighted by molar-refractivity contribution is 0.462. The molecule has 0 bridgehead atoms. The normalized spacial score (nSPS) is 14.3. The zero-order valence-corrected chi connectivity index (χ0v) is 15.0. The van der Waals surface area contributed by atoms with Crippen LogP contribution in [-0.2, 0) is 7.05 Å². The van der Waals surface area contributed by atoms with Crippen LogP contribution in [0.15, 0.2) is 18.5 Å². The van der Waals surface area contributed by atoms with Crippen molar-refractivity contribution >= 4 is 33.4 Å². The quantitative estimate of drug-likeness (QED) is 0.757. The van der Waals surface area contributed by atoms with E-state index < -0.39 is 5.82 Å². The maximum Gasteiger partial charge on any atom is 0.164 e. The monoisotopic (exact) mass is 351 g/mol. The molecule has 0 aromatic carbocycles. The van der Waals surface area contributed by atoms with E-state index in [0.29, 0.717) is 21.3 Å². The van der Waals surface area contributed by atoms with Crippen LogP contribution in [0, 0.1) is 5.82 Å². The molecule has 3 heterocycles. The lowest BCUT2D eigenvalue weighted by Gasteiger charge is -2.19. The second-order valence-corrected chi connectivity index (χ2v) is 7.78. The molecule has 0 saturated carbocycles. The fraction of sp³-hybridized carbons (Fsp3) is 0.375. The van der Waals surface area contributed by atoms with E-state index in [1.165, 1.54) is 17.4 Å². The Balaban J connectivity index is 2.11. The summed E-state index contributed by atoms with van der Waals surface area (Å²) < 4.78 is 15.3. The Morgan fingerprint density at radius 2 is 2.09 bits per heavy atom. The average molecular weight is 351 g/mol. The second kappa shape index (κ2) is 6.13. The summed E-state index contributed by atoms with van der Waals surface area (Å²) in [6.07, 6.45) is 4.81. The van der Waals surface area contributed by atoms with Crippen LogP contribution in [0.4, 0.5) is 4.39 Å². The van der Waals surface area contributed by atoms with Gasteiger partial charge in [0.1, 0.15) is 21.2 Å². The third-order valence-corrected chi connectivity index (χ3v) is 6.53. The molecule has 0 fully saturated rings. The van der Waals surface area contributed by atoms with Crippen LogP contribution in [0.25, 0.3) is 20.9 Å². The summed E-state index contributed by atoms with van der Waals surface area (Å²) in [5.41, 5.74) is 2.09. The van der Waals surface area contributed by atoms with E-state index in [-0.39, 0.29) is 11.7 Å². The highest BCUT2D eigenvalue weighted by Crippen LogP contribution is 2.42. The largest absolute Gasteiger partial charge is 0.504 e. The van der Waals surface area contributed by atoms with Gasteiger partial charge in [0.15, 0.2) is 5.75 Å². The molecule has 0 amide bonds. The van der Waals surface area contributed by atoms with Crippen LogP contribution in [0.5, 0.6) is 5.75 Å². The zero-order valence-electron chi connectivity index (χ0n) is 13.4. The van der Waals surface area contributed by atoms with E-state index in [9.17, 15) is 9.50 Å². The van der Waals surface area contributed by atoms with Crippen LogP contribution in [0.3, 0.4) is 0 Å². The number of fused-ring (bicyclic) bond motifs is 1. The summed E-state index contributed by atoms with van der Waals surface area (Å²) in [6, 6.07) is 1.40. The molecule has 2 unspecified atom stereocenters. The highest BCUT2D eigenvalue weighted by Gasteiger charge is 2.26. The van der Waals surface area contributed by atoms with Crippen molar-refractivity contribution in [1.29, 1.82) is 0 Å². The first-order chi connectivity index (χ1) is 10.9. The van der Waals surface area contributed by atoms with Crippen molar-refractivity contribution in [3.8, 4) is 16.3 Å². The van der Waals surface area contributed by atoms with Gasteiger partial charge in [0.05, 0.1) is 11.9 Å². The number of aromatic nitrogens is 3. The molecule has 0 aliphatic rings. The topological polar surface area (TPSA) is 50.9 Å². The lowest BCUT2D eigenvalue weighted by atomic mass is 10.0. The molecule has 0 radical (unpaired) electrons. The first kappa shape index (κ1) is 16.3. The molecule has 0 saturated heterocycles. The van der Waals surface area contributed by atoms with Crippen LogP contribution in [0.2, 0.25) is 0 Å². The number of aromatic hydroxyl groups is 1. The van der Waals surface area contributed by atoms with Crippen molar-refractivity contribution in [3.63, 3.8) is 0 Å². The third kappa shape index (κ3) is 2.72. The minimum Gasteiger partial charge on any atom is -0.504 e. The molecule has 0 aliphatic carbocycles. The summed E-state index contributed by atoms with van der Waals surface area (Å²) in [5.74, 6) is 0.0348. The highest BCUT2D eigenvalue weighted by atomic mass is 32.2. The standard InChI is InChI=1S/C16H18FN3OS2/c1-8(9(2)22-4)13-14(21)12-16(20(13)3)23-15(19-12)10-5-11(17)7-18-6-10/h5-9,21H,1-4H3. The van der Waals surface area contributed by atoms with Crippen molar-refractivity contribution in [1.82, 2.24) is 14.5 Å². The van der Waals surface area contributed by atoms with Gasteiger partial charge < -0.3 is 9.67 Å². The number of hydrogen-bond donors (Lipinski definition) is 1. The van der Waals surface area contributed by atoms with E-state index in [4.69, 9.17) is 0 Å². The zero-order chi connectivity index (χ0) is 16.7. The Morgan fingerprint density at radius 1 is 1.35 bits per heavy atom. The Hall–Kier alpha value is -1.60. The number of pyridine rings is 1. The number of aryl methyl sites for hydroxylation is 1. The number of halogens is 1. The van der Waals surface area contributed by atoms with E-state index >= 15 is 0 Å². The summed E-state index contributed by atoms with van der Waals surface area (Å²) in [5, 5.41) is 11.7. The van der Waals surface area contributed by atoms with Crippen LogP contribution in [0.1, 0.15) is 25.5 Å². The van der Waals surface area contributed by atoms with Crippen molar-refractivity contribution in [2.75, 3.05) is 6.26 Å². The molecule has 0 spiro atoms. The lowest BCUT2D eigenvalue weighted by Crippen LogP contribution is -2.11. The molecular formula is C16H18FN3OS2. The second-order valence-electron chi connectivity index (χ2n) is 5.59. The van der Waals surface area contributed by atoms with E-state index in [1.807, 2.05) is 11.6 Å². The van der Waals surface area contributed by atoms with Gasteiger partial charge in [-0.05, 0) is 12.3 Å². The fourth-order valence-electron chi connectivity index (χ4n) is 2.68. The Morgan fingerprint density at radius 3 is 2.70 bits per heavy atom. The number of thioether (sulfide) groups is 1. The van der Waals surface area contributed by atoms with E-state index in [0.717, 1.165) is 16.7 Å². The Labute approximate surface area is 142 Å². The molecule has 2 atom stereocenters. The van der Waals surface area contributed by atoms with Crippen LogP contribution < -0.4 is 0 Å². The summed E-state index contributed by atoms with van der Waals surface area (Å²) in [4.78, 5) is 9.25. The van der Waals surface area contributed by atoms with Gasteiger partial charge in [-0.1, -0.05) is 25.2 Å². The molecule has 4 nitrogen and oxygen atoms in total. The molecule has 7 heteroatoms. The number of rotatable bonds is 4. The molecule has 1 N–H and O–H groups in total. The summed E-state index contributed by atoms with van der Waals surface area (Å²) >= 11 is 3.20. The molecule has 3 aromatic rings. The minimum absolute atomic E-state index is 0.204. The third-order valence-electron chi connectivity index (χ3n) is 4.20. The van der Waals surface area contributed by atoms with Gasteiger partial charge in [-0.2, -0.15) is 11.8 Å². The number of nitrogens with zero attached hydrogens (tertiary/aromatic N) is 3. The van der Waals surface area contributed by atoms with Gasteiger partial charge in [0.25, 0.3) is 0 Å². The van der Waals surface area contributed by atoms with E-state index in [1.54, 1.807) is 18.0 Å². The van der Waals surface area contributed by atoms with Gasteiger partial charge >= 0.3 is 0 Å². The SMILES string of the molecule is CSC(C)C(C)c1c(O)c2nc(-c3cncc(F)c3)sc2n1C. The summed E-state index contributed by atoms with van der Waals surface area (Å²) in [6.45, 7) is 4.25. The minimum atomic E-state index is -0.394. The van der Waals surface area contributed by atoms with Gasteiger partial charge in [-0.3, -0.25) is 4.98 Å². The summed E-state index contributed by atoms with van der Waals surface area (Å²) in [7, 11) is 1.94. The fourth-order valence-corrected chi connectivity index (χ4v) is 4.24. The molecule has 0 aliphatic heterocycles. The van der Waals surface area contributed by atoms with Crippen LogP contribution in [-0.4, -0.2) is 31.1 Å². The first-order valence-corrected chi connectivity index (χ1v) is 9.36. The van der Waals surface area contributed by atoms with E-state index in [2.05, 4.69) is 30.1 Å². The van der Waals surface area contributed by atoms with Crippen molar-refractivity contribution in [2.24, 2.45) is 7.05 Å². The molecule has 23 heavy (non-hydrogen) atoms. The molecule has 3 aromatic heterocycles. The maximum absolute atomic E-state index is 13.3. The van der Waals surface area contributed by atoms with Gasteiger partial charge in [-0.15, -0.1) is 0 Å². The van der Waals surface area contributed by atoms with Gasteiger partial charge in [0.2, 0.25) is 0 Å². The Bertz CT molecular complexity index is 821. The average Bonchev–Trinajstić information content (AvgIpc) is 3.07.